The Balaban J connectivity index is 1.36. The molecule has 1 heterocycles. The second kappa shape index (κ2) is 9.96. The van der Waals surface area contributed by atoms with E-state index in [4.69, 9.17) is 32.7 Å². The van der Waals surface area contributed by atoms with Gasteiger partial charge in [0.25, 0.3) is 11.8 Å². The normalized spacial score (nSPS) is 25.0. The van der Waals surface area contributed by atoms with E-state index < -0.39 is 0 Å². The van der Waals surface area contributed by atoms with Gasteiger partial charge < -0.3 is 9.47 Å². The van der Waals surface area contributed by atoms with Gasteiger partial charge in [0, 0.05) is 15.6 Å². The van der Waals surface area contributed by atoms with Crippen LogP contribution >= 0.6 is 39.1 Å². The van der Waals surface area contributed by atoms with Crippen molar-refractivity contribution in [2.24, 2.45) is 28.8 Å². The molecule has 4 atom stereocenters. The Kier molecular flexibility index (Phi) is 6.93. The van der Waals surface area contributed by atoms with Gasteiger partial charge in [0.2, 0.25) is 0 Å². The highest BCUT2D eigenvalue weighted by molar-refractivity contribution is 9.10. The number of benzene rings is 2. The van der Waals surface area contributed by atoms with Gasteiger partial charge in [0.15, 0.2) is 11.5 Å². The van der Waals surface area contributed by atoms with Crippen molar-refractivity contribution in [1.82, 2.24) is 5.01 Å². The predicted octanol–water partition coefficient (Wildman–Crippen LogP) is 6.26. The predicted molar refractivity (Wildman–Crippen MR) is 138 cm³/mol. The summed E-state index contributed by atoms with van der Waals surface area (Å²) >= 11 is 15.8. The Hall–Kier alpha value is -2.35. The number of allylic oxidation sites excluding steroid dienone is 2. The third kappa shape index (κ3) is 4.61. The molecule has 2 aromatic carbocycles. The van der Waals surface area contributed by atoms with Crippen LogP contribution in [0.5, 0.6) is 11.5 Å². The minimum Gasteiger partial charge on any atom is -0.490 e. The molecule has 2 amide bonds. The van der Waals surface area contributed by atoms with Gasteiger partial charge in [-0.05, 0) is 77.4 Å². The van der Waals surface area contributed by atoms with Crippen molar-refractivity contribution in [2.45, 2.75) is 26.4 Å². The Morgan fingerprint density at radius 1 is 1.06 bits per heavy atom. The number of nitrogens with zero attached hydrogens (tertiary/aromatic N) is 2. The van der Waals surface area contributed by atoms with Crippen molar-refractivity contribution in [2.75, 3.05) is 6.61 Å². The van der Waals surface area contributed by atoms with Gasteiger partial charge in [-0.25, -0.2) is 0 Å². The summed E-state index contributed by atoms with van der Waals surface area (Å²) in [7, 11) is 0. The van der Waals surface area contributed by atoms with Crippen LogP contribution in [-0.2, 0) is 16.2 Å². The van der Waals surface area contributed by atoms with E-state index in [0.717, 1.165) is 23.4 Å². The number of hydrogen-bond acceptors (Lipinski definition) is 5. The van der Waals surface area contributed by atoms with Gasteiger partial charge in [-0.1, -0.05) is 41.4 Å². The first kappa shape index (κ1) is 24.3. The number of imide groups is 1. The zero-order chi connectivity index (χ0) is 24.7. The number of amides is 2. The van der Waals surface area contributed by atoms with E-state index in [9.17, 15) is 9.59 Å². The van der Waals surface area contributed by atoms with E-state index >= 15 is 0 Å². The zero-order valence-electron chi connectivity index (χ0n) is 18.9. The second-order valence-electron chi connectivity index (χ2n) is 8.86. The van der Waals surface area contributed by atoms with E-state index in [2.05, 4.69) is 33.2 Å². The quantitative estimate of drug-likeness (QED) is 0.221. The molecular formula is C26H23BrCl2N2O4. The summed E-state index contributed by atoms with van der Waals surface area (Å²) in [6.45, 7) is 2.52. The Morgan fingerprint density at radius 2 is 1.74 bits per heavy atom. The first-order valence-electron chi connectivity index (χ1n) is 11.5. The Bertz CT molecular complexity index is 1220. The third-order valence-electron chi connectivity index (χ3n) is 6.78. The van der Waals surface area contributed by atoms with Crippen molar-refractivity contribution in [3.63, 3.8) is 0 Å². The van der Waals surface area contributed by atoms with Crippen LogP contribution in [0.4, 0.5) is 0 Å². The van der Waals surface area contributed by atoms with Crippen molar-refractivity contribution < 1.29 is 19.1 Å². The van der Waals surface area contributed by atoms with Crippen LogP contribution in [0, 0.1) is 23.7 Å². The molecule has 2 aromatic rings. The third-order valence-corrected chi connectivity index (χ3v) is 7.95. The minimum atomic E-state index is -0.287. The maximum atomic E-state index is 13.0. The van der Waals surface area contributed by atoms with Crippen molar-refractivity contribution >= 4 is 57.2 Å². The minimum absolute atomic E-state index is 0.130. The van der Waals surface area contributed by atoms with Gasteiger partial charge in [0.05, 0.1) is 29.1 Å². The molecule has 4 aliphatic rings. The SMILES string of the molecule is CCOc1cc(/C=N\N2C(=O)[C@@H]3[C@H](C2=O)[C@@H]2C=C[C@H]3CC2)cc(Br)c1OCc1ccc(Cl)cc1Cl. The first-order valence-corrected chi connectivity index (χ1v) is 13.1. The molecule has 6 nitrogen and oxygen atoms in total. The number of rotatable bonds is 7. The molecule has 0 radical (unpaired) electrons. The Morgan fingerprint density at radius 3 is 2.34 bits per heavy atom. The lowest BCUT2D eigenvalue weighted by atomic mass is 9.63. The van der Waals surface area contributed by atoms with Crippen LogP contribution in [0.2, 0.25) is 10.0 Å². The molecule has 3 aliphatic carbocycles. The molecule has 35 heavy (non-hydrogen) atoms. The summed E-state index contributed by atoms with van der Waals surface area (Å²) < 4.78 is 12.5. The van der Waals surface area contributed by atoms with Gasteiger partial charge in [-0.15, -0.1) is 0 Å². The zero-order valence-corrected chi connectivity index (χ0v) is 22.0. The lowest BCUT2D eigenvalue weighted by Crippen LogP contribution is -2.38. The molecule has 0 aromatic heterocycles. The Labute approximate surface area is 222 Å². The summed E-state index contributed by atoms with van der Waals surface area (Å²) in [5.74, 6) is 0.282. The van der Waals surface area contributed by atoms with Crippen LogP contribution in [0.3, 0.4) is 0 Å². The highest BCUT2D eigenvalue weighted by Crippen LogP contribution is 2.49. The van der Waals surface area contributed by atoms with E-state index in [-0.39, 0.29) is 42.1 Å². The number of carbonyl (C=O) groups excluding carboxylic acids is 2. The van der Waals surface area contributed by atoms with Crippen molar-refractivity contribution in [3.8, 4) is 11.5 Å². The average Bonchev–Trinajstić information content (AvgIpc) is 3.11. The van der Waals surface area contributed by atoms with Crippen LogP contribution in [-0.4, -0.2) is 29.6 Å². The van der Waals surface area contributed by atoms with Crippen molar-refractivity contribution in [3.05, 3.63) is 68.1 Å². The van der Waals surface area contributed by atoms with Gasteiger partial charge in [-0.3, -0.25) is 9.59 Å². The summed E-state index contributed by atoms with van der Waals surface area (Å²) in [6.07, 6.45) is 7.60. The molecule has 1 saturated carbocycles. The largest absolute Gasteiger partial charge is 0.490 e. The molecule has 182 valence electrons. The van der Waals surface area contributed by atoms with E-state index in [1.807, 2.05) is 13.0 Å². The lowest BCUT2D eigenvalue weighted by molar-refractivity contribution is -0.140. The summed E-state index contributed by atoms with van der Waals surface area (Å²) in [5, 5.41) is 6.41. The molecule has 2 bridgehead atoms. The lowest BCUT2D eigenvalue weighted by Gasteiger charge is -2.37. The van der Waals surface area contributed by atoms with E-state index in [0.29, 0.717) is 38.2 Å². The van der Waals surface area contributed by atoms with Crippen molar-refractivity contribution in [1.29, 1.82) is 0 Å². The van der Waals surface area contributed by atoms with Gasteiger partial charge in [-0.2, -0.15) is 10.1 Å². The number of ether oxygens (including phenoxy) is 2. The monoisotopic (exact) mass is 576 g/mol. The smallest absolute Gasteiger partial charge is 0.254 e. The average molecular weight is 578 g/mol. The number of carbonyl (C=O) groups is 2. The fourth-order valence-electron chi connectivity index (χ4n) is 5.15. The molecule has 0 spiro atoms. The van der Waals surface area contributed by atoms with Crippen LogP contribution in [0.1, 0.15) is 30.9 Å². The summed E-state index contributed by atoms with van der Waals surface area (Å²) in [4.78, 5) is 26.0. The molecular weight excluding hydrogens is 555 g/mol. The van der Waals surface area contributed by atoms with Crippen LogP contribution in [0.25, 0.3) is 0 Å². The highest BCUT2D eigenvalue weighted by atomic mass is 79.9. The molecule has 1 aliphatic heterocycles. The first-order chi connectivity index (χ1) is 16.9. The molecule has 1 saturated heterocycles. The molecule has 0 N–H and O–H groups in total. The molecule has 2 fully saturated rings. The topological polar surface area (TPSA) is 68.2 Å². The molecule has 9 heteroatoms. The fraction of sp³-hybridized carbons (Fsp3) is 0.346. The molecule has 6 rings (SSSR count). The van der Waals surface area contributed by atoms with Crippen LogP contribution in [0.15, 0.2) is 52.1 Å². The fourth-order valence-corrected chi connectivity index (χ4v) is 6.19. The maximum Gasteiger partial charge on any atom is 0.254 e. The van der Waals surface area contributed by atoms with Gasteiger partial charge >= 0.3 is 0 Å². The maximum absolute atomic E-state index is 13.0. The van der Waals surface area contributed by atoms with Gasteiger partial charge in [0.1, 0.15) is 6.61 Å². The van der Waals surface area contributed by atoms with E-state index in [1.165, 1.54) is 6.21 Å². The number of hydrazone groups is 1. The number of fused-ring (bicyclic) bond motifs is 1. The number of hydrogen-bond donors (Lipinski definition) is 0. The molecule has 0 unspecified atom stereocenters. The standard InChI is InChI=1S/C26H23BrCl2N2O4/c1-2-34-21-10-14(9-19(27)24(21)35-13-17-7-8-18(28)11-20(17)29)12-30-31-25(32)22-15-3-4-16(6-5-15)23(22)26(31)33/h3-4,7-12,15-16,22-23H,2,5-6,13H2,1H3/b30-12-/t15-,16+,22-,23+. The number of halogens is 3. The highest BCUT2D eigenvalue weighted by Gasteiger charge is 2.56. The summed E-state index contributed by atoms with van der Waals surface area (Å²) in [6, 6.07) is 8.79. The van der Waals surface area contributed by atoms with E-state index in [1.54, 1.807) is 24.3 Å². The summed E-state index contributed by atoms with van der Waals surface area (Å²) in [5.41, 5.74) is 1.45. The second-order valence-corrected chi connectivity index (χ2v) is 10.6. The van der Waals surface area contributed by atoms with Crippen LogP contribution < -0.4 is 9.47 Å².